The molecule has 1 atom stereocenters. The highest BCUT2D eigenvalue weighted by molar-refractivity contribution is 5.71. The van der Waals surface area contributed by atoms with E-state index in [9.17, 15) is 14.4 Å². The second-order valence-corrected chi connectivity index (χ2v) is 22.7. The van der Waals surface area contributed by atoms with E-state index in [1.807, 2.05) is 0 Å². The van der Waals surface area contributed by atoms with E-state index >= 15 is 0 Å². The van der Waals surface area contributed by atoms with Crippen molar-refractivity contribution in [3.63, 3.8) is 0 Å². The lowest BCUT2D eigenvalue weighted by atomic mass is 10.0. The van der Waals surface area contributed by atoms with Crippen LogP contribution in [0.2, 0.25) is 0 Å². The highest BCUT2D eigenvalue weighted by Gasteiger charge is 2.19. The number of hydrogen-bond donors (Lipinski definition) is 0. The lowest BCUT2D eigenvalue weighted by molar-refractivity contribution is -0.167. The second kappa shape index (κ2) is 65.6. The summed E-state index contributed by atoms with van der Waals surface area (Å²) in [4.78, 5) is 37.9. The van der Waals surface area contributed by atoms with Crippen molar-refractivity contribution in [3.8, 4) is 0 Å². The van der Waals surface area contributed by atoms with Crippen LogP contribution in [0.1, 0.15) is 355 Å². The van der Waals surface area contributed by atoms with Crippen molar-refractivity contribution in [2.75, 3.05) is 13.2 Å². The fourth-order valence-electron chi connectivity index (χ4n) is 9.89. The molecule has 0 bridgehead atoms. The van der Waals surface area contributed by atoms with Crippen LogP contribution in [0.25, 0.3) is 0 Å². The molecule has 0 aromatic carbocycles. The molecule has 0 aliphatic heterocycles. The van der Waals surface area contributed by atoms with Crippen LogP contribution in [-0.4, -0.2) is 37.2 Å². The number of rotatable bonds is 62. The van der Waals surface area contributed by atoms with Crippen molar-refractivity contribution >= 4 is 17.9 Å². The van der Waals surface area contributed by atoms with Gasteiger partial charge in [-0.2, -0.15) is 0 Å². The predicted molar refractivity (Wildman–Crippen MR) is 335 cm³/mol. The summed E-state index contributed by atoms with van der Waals surface area (Å²) in [7, 11) is 0. The molecule has 0 saturated carbocycles. The molecule has 0 heterocycles. The smallest absolute Gasteiger partial charge is 0.306 e. The van der Waals surface area contributed by atoms with Crippen LogP contribution in [0.5, 0.6) is 0 Å². The van der Waals surface area contributed by atoms with Crippen LogP contribution in [0.3, 0.4) is 0 Å². The summed E-state index contributed by atoms with van der Waals surface area (Å²) in [5.41, 5.74) is 0. The lowest BCUT2D eigenvalue weighted by Crippen LogP contribution is -2.30. The van der Waals surface area contributed by atoms with Crippen LogP contribution in [0, 0.1) is 0 Å². The third-order valence-corrected chi connectivity index (χ3v) is 15.0. The number of allylic oxidation sites excluding steroid dienone is 10. The monoisotopic (exact) mass is 1080 g/mol. The molecule has 0 fully saturated rings. The van der Waals surface area contributed by atoms with Gasteiger partial charge in [0.2, 0.25) is 0 Å². The highest BCUT2D eigenvalue weighted by Crippen LogP contribution is 2.17. The summed E-state index contributed by atoms with van der Waals surface area (Å²) < 4.78 is 16.8. The van der Waals surface area contributed by atoms with Crippen LogP contribution in [0.15, 0.2) is 60.8 Å². The number of esters is 3. The zero-order valence-electron chi connectivity index (χ0n) is 51.5. The minimum Gasteiger partial charge on any atom is -0.462 e. The van der Waals surface area contributed by atoms with Gasteiger partial charge in [-0.3, -0.25) is 14.4 Å². The molecular weight excluding hydrogens is 949 g/mol. The van der Waals surface area contributed by atoms with E-state index in [2.05, 4.69) is 81.5 Å². The zero-order valence-corrected chi connectivity index (χ0v) is 51.5. The Morgan fingerprint density at radius 2 is 0.468 bits per heavy atom. The van der Waals surface area contributed by atoms with E-state index in [1.54, 1.807) is 0 Å². The summed E-state index contributed by atoms with van der Waals surface area (Å²) in [6.07, 6.45) is 84.4. The van der Waals surface area contributed by atoms with Gasteiger partial charge in [-0.15, -0.1) is 0 Å². The van der Waals surface area contributed by atoms with E-state index in [-0.39, 0.29) is 31.1 Å². The number of carbonyl (C=O) groups is 3. The molecule has 77 heavy (non-hydrogen) atoms. The first-order valence-electron chi connectivity index (χ1n) is 33.8. The largest absolute Gasteiger partial charge is 0.462 e. The third kappa shape index (κ3) is 63.8. The normalized spacial score (nSPS) is 12.4. The van der Waals surface area contributed by atoms with Crippen molar-refractivity contribution < 1.29 is 28.6 Å². The summed E-state index contributed by atoms with van der Waals surface area (Å²) in [5.74, 6) is -0.874. The van der Waals surface area contributed by atoms with Gasteiger partial charge in [-0.1, -0.05) is 306 Å². The first-order valence-corrected chi connectivity index (χ1v) is 33.8. The highest BCUT2D eigenvalue weighted by atomic mass is 16.6. The fourth-order valence-corrected chi connectivity index (χ4v) is 9.89. The van der Waals surface area contributed by atoms with E-state index in [4.69, 9.17) is 14.2 Å². The molecule has 448 valence electrons. The average molecular weight is 1080 g/mol. The van der Waals surface area contributed by atoms with Crippen molar-refractivity contribution in [1.82, 2.24) is 0 Å². The standard InChI is InChI=1S/C71H128O6/c1-4-7-10-13-15-17-19-21-23-25-27-29-30-31-32-33-34-35-36-37-38-39-40-42-43-45-47-49-51-53-55-58-61-64-70(73)76-67-68(66-75-69(72)63-60-57-12-9-6-3)77-71(74)65-62-59-56-54-52-50-48-46-44-41-28-26-24-22-20-18-16-14-11-8-5-2/h19-22,25-28,30-31,68H,4-18,23-24,29,32-67H2,1-3H3/b21-19-,22-20-,27-25-,28-26-,31-30-. The van der Waals surface area contributed by atoms with Gasteiger partial charge in [0.15, 0.2) is 6.10 Å². The number of unbranched alkanes of at least 4 members (excludes halogenated alkanes) is 41. The van der Waals surface area contributed by atoms with Crippen molar-refractivity contribution in [3.05, 3.63) is 60.8 Å². The van der Waals surface area contributed by atoms with E-state index in [1.165, 1.54) is 231 Å². The maximum absolute atomic E-state index is 12.8. The van der Waals surface area contributed by atoms with Crippen molar-refractivity contribution in [2.24, 2.45) is 0 Å². The minimum atomic E-state index is -0.772. The summed E-state index contributed by atoms with van der Waals surface area (Å²) in [5, 5.41) is 0. The summed E-state index contributed by atoms with van der Waals surface area (Å²) in [6.45, 7) is 6.57. The minimum absolute atomic E-state index is 0.0726. The molecule has 1 unspecified atom stereocenters. The fraction of sp³-hybridized carbons (Fsp3) is 0.817. The molecule has 6 heteroatoms. The topological polar surface area (TPSA) is 78.9 Å². The van der Waals surface area contributed by atoms with Crippen molar-refractivity contribution in [2.45, 2.75) is 361 Å². The molecule has 0 rings (SSSR count). The molecule has 0 amide bonds. The van der Waals surface area contributed by atoms with Gasteiger partial charge in [-0.05, 0) is 89.9 Å². The van der Waals surface area contributed by atoms with Gasteiger partial charge < -0.3 is 14.2 Å². The molecule has 0 aliphatic rings. The third-order valence-electron chi connectivity index (χ3n) is 15.0. The Balaban J connectivity index is 3.94. The quantitative estimate of drug-likeness (QED) is 0.0261. The van der Waals surface area contributed by atoms with E-state index < -0.39 is 6.10 Å². The number of hydrogen-bond acceptors (Lipinski definition) is 6. The van der Waals surface area contributed by atoms with Crippen LogP contribution in [-0.2, 0) is 28.6 Å². The Labute approximate surface area is 479 Å². The van der Waals surface area contributed by atoms with Crippen LogP contribution < -0.4 is 0 Å². The van der Waals surface area contributed by atoms with E-state index in [0.29, 0.717) is 19.3 Å². The molecule has 0 radical (unpaired) electrons. The van der Waals surface area contributed by atoms with Gasteiger partial charge in [0.1, 0.15) is 13.2 Å². The second-order valence-electron chi connectivity index (χ2n) is 22.7. The summed E-state index contributed by atoms with van der Waals surface area (Å²) >= 11 is 0. The zero-order chi connectivity index (χ0) is 55.7. The SMILES string of the molecule is CCCCCCC/C=C\C/C=C\C/C=C\CCCCCCCCCCCCCCCCCCCCC(=O)OCC(COC(=O)CCCCCCC)OC(=O)CCCCCCCCCCC/C=C\C/C=C\CCCCCCC. The number of carbonyl (C=O) groups excluding carboxylic acids is 3. The van der Waals surface area contributed by atoms with Gasteiger partial charge >= 0.3 is 17.9 Å². The lowest BCUT2D eigenvalue weighted by Gasteiger charge is -2.18. The van der Waals surface area contributed by atoms with Gasteiger partial charge in [-0.25, -0.2) is 0 Å². The molecule has 0 aromatic rings. The van der Waals surface area contributed by atoms with Gasteiger partial charge in [0.25, 0.3) is 0 Å². The Kier molecular flexibility index (Phi) is 63.2. The molecule has 0 aliphatic carbocycles. The van der Waals surface area contributed by atoms with Gasteiger partial charge in [0, 0.05) is 19.3 Å². The number of ether oxygens (including phenoxy) is 3. The molecule has 6 nitrogen and oxygen atoms in total. The molecule has 0 saturated heterocycles. The Morgan fingerprint density at radius 3 is 0.727 bits per heavy atom. The van der Waals surface area contributed by atoms with Crippen LogP contribution in [0.4, 0.5) is 0 Å². The Bertz CT molecular complexity index is 1380. The average Bonchev–Trinajstić information content (AvgIpc) is 3.43. The van der Waals surface area contributed by atoms with Gasteiger partial charge in [0.05, 0.1) is 0 Å². The van der Waals surface area contributed by atoms with Crippen molar-refractivity contribution in [1.29, 1.82) is 0 Å². The first-order chi connectivity index (χ1) is 38.0. The predicted octanol–water partition coefficient (Wildman–Crippen LogP) is 23.1. The maximum atomic E-state index is 12.8. The first kappa shape index (κ1) is 74.1. The van der Waals surface area contributed by atoms with E-state index in [0.717, 1.165) is 83.5 Å². The van der Waals surface area contributed by atoms with Crippen LogP contribution >= 0.6 is 0 Å². The Hall–Kier alpha value is -2.89. The molecule has 0 aromatic heterocycles. The Morgan fingerprint density at radius 1 is 0.260 bits per heavy atom. The maximum Gasteiger partial charge on any atom is 0.306 e. The summed E-state index contributed by atoms with van der Waals surface area (Å²) in [6, 6.07) is 0. The molecule has 0 N–H and O–H groups in total. The molecule has 0 spiro atoms. The molecular formula is C71H128O6.